The number of nitrogens with zero attached hydrogens (tertiary/aromatic N) is 9. The van der Waals surface area contributed by atoms with Crippen LogP contribution in [0.5, 0.6) is 0 Å². The molecular weight excluding hydrogens is 1010 g/mol. The molecule has 384 valence electrons. The van der Waals surface area contributed by atoms with Crippen molar-refractivity contribution in [2.24, 2.45) is 0 Å². The van der Waals surface area contributed by atoms with Gasteiger partial charge >= 0.3 is 6.18 Å². The van der Waals surface area contributed by atoms with Gasteiger partial charge in [-0.1, -0.05) is 164 Å². The summed E-state index contributed by atoms with van der Waals surface area (Å²) in [6.07, 6.45) is -4.61. The molecule has 14 rings (SSSR count). The number of halogens is 3. The van der Waals surface area contributed by atoms with Crippen LogP contribution in [-0.4, -0.2) is 39.0 Å². The van der Waals surface area contributed by atoms with Crippen molar-refractivity contribution in [2.45, 2.75) is 13.1 Å². The minimum absolute atomic E-state index is 0.302. The van der Waals surface area contributed by atoms with Crippen molar-refractivity contribution in [2.75, 3.05) is 0 Å². The number of aromatic nitrogens is 8. The second-order valence-corrected chi connectivity index (χ2v) is 19.8. The van der Waals surface area contributed by atoms with Gasteiger partial charge in [-0.05, 0) is 96.4 Å². The van der Waals surface area contributed by atoms with E-state index >= 15 is 0 Å². The highest BCUT2D eigenvalue weighted by Gasteiger charge is 2.32. The van der Waals surface area contributed by atoms with Gasteiger partial charge in [0.2, 0.25) is 0 Å². The van der Waals surface area contributed by atoms with E-state index in [2.05, 4.69) is 18.2 Å². The summed E-state index contributed by atoms with van der Waals surface area (Å²) in [6, 6.07) is 77.4. The molecule has 14 aromatic rings. The average molecular weight is 1050 g/mol. The van der Waals surface area contributed by atoms with Gasteiger partial charge in [-0.3, -0.25) is 0 Å². The first-order chi connectivity index (χ1) is 39.6. The fourth-order valence-corrected chi connectivity index (χ4v) is 11.0. The third-order valence-corrected chi connectivity index (χ3v) is 14.7. The van der Waals surface area contributed by atoms with E-state index in [4.69, 9.17) is 29.9 Å². The van der Waals surface area contributed by atoms with Crippen molar-refractivity contribution < 1.29 is 13.2 Å². The molecule has 0 fully saturated rings. The molecule has 0 atom stereocenters. The number of hydrogen-bond donors (Lipinski definition) is 0. The summed E-state index contributed by atoms with van der Waals surface area (Å²) < 4.78 is 48.3. The highest BCUT2D eigenvalue weighted by atomic mass is 19.4. The van der Waals surface area contributed by atoms with Gasteiger partial charge in [-0.2, -0.15) is 18.4 Å². The van der Waals surface area contributed by atoms with Crippen molar-refractivity contribution >= 4 is 43.6 Å². The Bertz CT molecular complexity index is 4440. The van der Waals surface area contributed by atoms with Gasteiger partial charge in [0.15, 0.2) is 34.9 Å². The molecule has 0 amide bonds. The third-order valence-electron chi connectivity index (χ3n) is 14.7. The fraction of sp³-hybridized carbons (Fsp3) is 0.0290. The average Bonchev–Trinajstić information content (AvgIpc) is 4.14. The van der Waals surface area contributed by atoms with Crippen molar-refractivity contribution in [1.29, 1.82) is 5.26 Å². The quantitative estimate of drug-likeness (QED) is 0.142. The van der Waals surface area contributed by atoms with Crippen LogP contribution in [0.25, 0.3) is 134 Å². The van der Waals surface area contributed by atoms with Crippen LogP contribution in [0.3, 0.4) is 0 Å². The fourth-order valence-electron chi connectivity index (χ4n) is 11.0. The Kier molecular flexibility index (Phi) is 11.7. The van der Waals surface area contributed by atoms with Gasteiger partial charge in [0.25, 0.3) is 0 Å². The Hall–Kier alpha value is -10.9. The lowest BCUT2D eigenvalue weighted by Gasteiger charge is -2.19. The maximum Gasteiger partial charge on any atom is 0.416 e. The first-order valence-corrected chi connectivity index (χ1v) is 26.2. The van der Waals surface area contributed by atoms with Crippen LogP contribution in [0, 0.1) is 18.3 Å². The van der Waals surface area contributed by atoms with E-state index < -0.39 is 11.7 Å². The molecule has 4 aromatic heterocycles. The van der Waals surface area contributed by atoms with Crippen LogP contribution in [-0.2, 0) is 6.18 Å². The molecule has 0 radical (unpaired) electrons. The number of fused-ring (bicyclic) bond motifs is 6. The smallest absolute Gasteiger partial charge is 0.308 e. The highest BCUT2D eigenvalue weighted by molar-refractivity contribution is 6.12. The van der Waals surface area contributed by atoms with E-state index in [0.717, 1.165) is 83.1 Å². The Morgan fingerprint density at radius 3 is 1.04 bits per heavy atom. The lowest BCUT2D eigenvalue weighted by atomic mass is 9.96. The number of aryl methyl sites for hydroxylation is 1. The molecule has 0 aliphatic rings. The third kappa shape index (κ3) is 8.70. The number of alkyl halides is 3. The topological polar surface area (TPSA) is 111 Å². The summed E-state index contributed by atoms with van der Waals surface area (Å²) in [4.78, 5) is 30.0. The predicted molar refractivity (Wildman–Crippen MR) is 314 cm³/mol. The van der Waals surface area contributed by atoms with Crippen molar-refractivity contribution in [3.63, 3.8) is 0 Å². The van der Waals surface area contributed by atoms with Gasteiger partial charge in [0.05, 0.1) is 39.0 Å². The van der Waals surface area contributed by atoms with Crippen molar-refractivity contribution in [3.8, 4) is 96.9 Å². The zero-order valence-corrected chi connectivity index (χ0v) is 43.2. The first-order valence-electron chi connectivity index (χ1n) is 26.2. The molecule has 81 heavy (non-hydrogen) atoms. The van der Waals surface area contributed by atoms with E-state index in [1.807, 2.05) is 215 Å². The van der Waals surface area contributed by atoms with Gasteiger partial charge < -0.3 is 9.13 Å². The number of hydrogen-bond acceptors (Lipinski definition) is 7. The standard InChI is InChI=1S/C69H42F3N9/c1-42-34-49(36-51(35-42)69(70,71)72)50-39-61(80-57-28-16-14-26-52(57)54-37-47(30-32-59(54)80)67-76-63(43-18-6-2-7-19-43)74-64(77-67)44-20-8-3-9-21-44)56(41-73)62(40-50)81-58-29-17-15-27-53(58)55-38-48(31-33-60(55)81)68-78-65(45-22-10-4-11-23-45)75-66(79-68)46-24-12-5-13-25-46/h2-40H,1H3. The van der Waals surface area contributed by atoms with Crippen molar-refractivity contribution in [3.05, 3.63) is 253 Å². The number of nitriles is 1. The van der Waals surface area contributed by atoms with Crippen molar-refractivity contribution in [1.82, 2.24) is 39.0 Å². The van der Waals surface area contributed by atoms with Crippen LogP contribution in [0.4, 0.5) is 13.2 Å². The normalized spacial score (nSPS) is 11.7. The van der Waals surface area contributed by atoms with E-state index in [0.29, 0.717) is 68.6 Å². The summed E-state index contributed by atoms with van der Waals surface area (Å²) in [5, 5.41) is 15.2. The van der Waals surface area contributed by atoms with E-state index in [1.165, 1.54) is 6.07 Å². The Morgan fingerprint density at radius 2 is 0.667 bits per heavy atom. The second-order valence-electron chi connectivity index (χ2n) is 19.8. The zero-order chi connectivity index (χ0) is 54.8. The molecule has 0 spiro atoms. The largest absolute Gasteiger partial charge is 0.416 e. The molecular formula is C69H42F3N9. The minimum Gasteiger partial charge on any atom is -0.308 e. The SMILES string of the molecule is Cc1cc(-c2cc(-n3c4ccccc4c4cc(-c5nc(-c6ccccc6)nc(-c6ccccc6)n5)ccc43)c(C#N)c(-n3c4ccccc4c4cc(-c5nc(-c6ccccc6)nc(-c6ccccc6)n5)ccc43)c2)cc(C(F)(F)F)c1. The summed E-state index contributed by atoms with van der Waals surface area (Å²) in [5.41, 5.74) is 9.68. The van der Waals surface area contributed by atoms with E-state index in [-0.39, 0.29) is 0 Å². The lowest BCUT2D eigenvalue weighted by Crippen LogP contribution is -2.07. The van der Waals surface area contributed by atoms with Crippen LogP contribution < -0.4 is 0 Å². The van der Waals surface area contributed by atoms with E-state index in [9.17, 15) is 18.4 Å². The maximum absolute atomic E-state index is 14.8. The van der Waals surface area contributed by atoms with Crippen LogP contribution in [0.2, 0.25) is 0 Å². The summed E-state index contributed by atoms with van der Waals surface area (Å²) in [6.45, 7) is 1.66. The van der Waals surface area contributed by atoms with Gasteiger partial charge in [0, 0.05) is 54.9 Å². The molecule has 10 aromatic carbocycles. The minimum atomic E-state index is -4.61. The number of rotatable bonds is 9. The molecule has 12 heteroatoms. The Balaban J connectivity index is 1.00. The Labute approximate surface area is 462 Å². The molecule has 9 nitrogen and oxygen atoms in total. The molecule has 0 bridgehead atoms. The van der Waals surface area contributed by atoms with Gasteiger partial charge in [-0.15, -0.1) is 0 Å². The van der Waals surface area contributed by atoms with Crippen LogP contribution >= 0.6 is 0 Å². The van der Waals surface area contributed by atoms with Crippen LogP contribution in [0.1, 0.15) is 16.7 Å². The summed E-state index contributed by atoms with van der Waals surface area (Å²) in [5.74, 6) is 3.04. The lowest BCUT2D eigenvalue weighted by molar-refractivity contribution is -0.137. The monoisotopic (exact) mass is 1050 g/mol. The zero-order valence-electron chi connectivity index (χ0n) is 43.2. The molecule has 0 unspecified atom stereocenters. The maximum atomic E-state index is 14.8. The first kappa shape index (κ1) is 48.5. The molecule has 0 N–H and O–H groups in total. The van der Waals surface area contributed by atoms with Gasteiger partial charge in [0.1, 0.15) is 11.6 Å². The summed E-state index contributed by atoms with van der Waals surface area (Å²) in [7, 11) is 0. The Morgan fingerprint density at radius 1 is 0.333 bits per heavy atom. The molecule has 0 aliphatic carbocycles. The van der Waals surface area contributed by atoms with E-state index in [1.54, 1.807) is 13.0 Å². The second kappa shape index (κ2) is 19.5. The molecule has 0 saturated heterocycles. The number of para-hydroxylation sites is 2. The number of benzene rings is 10. The molecule has 0 saturated carbocycles. The van der Waals surface area contributed by atoms with Crippen LogP contribution in [0.15, 0.2) is 237 Å². The molecule has 4 heterocycles. The molecule has 0 aliphatic heterocycles. The predicted octanol–water partition coefficient (Wildman–Crippen LogP) is 17.1. The summed E-state index contributed by atoms with van der Waals surface area (Å²) >= 11 is 0. The highest BCUT2D eigenvalue weighted by Crippen LogP contribution is 2.43. The van der Waals surface area contributed by atoms with Gasteiger partial charge in [-0.25, -0.2) is 29.9 Å².